The molecule has 0 amide bonds. The number of Topliss-reactive ketones (excluding diaryl/α,β-unsaturated/α-hetero) is 1. The molecule has 0 aliphatic heterocycles. The van der Waals surface area contributed by atoms with Gasteiger partial charge < -0.3 is 9.84 Å². The van der Waals surface area contributed by atoms with Gasteiger partial charge in [-0.1, -0.05) is 6.07 Å². The highest BCUT2D eigenvalue weighted by Gasteiger charge is 2.36. The van der Waals surface area contributed by atoms with Crippen molar-refractivity contribution in [2.45, 2.75) is 32.8 Å². The van der Waals surface area contributed by atoms with Crippen molar-refractivity contribution in [1.29, 1.82) is 0 Å². The second-order valence-electron chi connectivity index (χ2n) is 4.73. The number of ketones is 1. The molecule has 3 heteroatoms. The van der Waals surface area contributed by atoms with Crippen LogP contribution in [0.5, 0.6) is 5.75 Å². The molecule has 0 spiro atoms. The van der Waals surface area contributed by atoms with E-state index in [4.69, 9.17) is 4.74 Å². The molecule has 0 bridgehead atoms. The summed E-state index contributed by atoms with van der Waals surface area (Å²) in [6, 6.07) is 3.64. The molecule has 1 aliphatic rings. The van der Waals surface area contributed by atoms with E-state index in [1.54, 1.807) is 13.2 Å². The Balaban J connectivity index is 2.37. The predicted molar refractivity (Wildman–Crippen MR) is 65.5 cm³/mol. The number of aryl methyl sites for hydroxylation is 1. The van der Waals surface area contributed by atoms with Gasteiger partial charge in [0, 0.05) is 0 Å². The van der Waals surface area contributed by atoms with Gasteiger partial charge in [0.2, 0.25) is 0 Å². The van der Waals surface area contributed by atoms with E-state index in [-0.39, 0.29) is 11.7 Å². The maximum atomic E-state index is 12.1. The molecule has 0 heterocycles. The quantitative estimate of drug-likeness (QED) is 0.813. The Labute approximate surface area is 101 Å². The molecule has 0 radical (unpaired) electrons. The molecular weight excluding hydrogens is 216 g/mol. The van der Waals surface area contributed by atoms with Crippen LogP contribution < -0.4 is 4.74 Å². The van der Waals surface area contributed by atoms with Crippen LogP contribution in [0.4, 0.5) is 0 Å². The molecule has 1 saturated carbocycles. The van der Waals surface area contributed by atoms with E-state index >= 15 is 0 Å². The first-order chi connectivity index (χ1) is 8.06. The minimum absolute atomic E-state index is 0.147. The molecule has 1 fully saturated rings. The van der Waals surface area contributed by atoms with Gasteiger partial charge in [-0.3, -0.25) is 4.79 Å². The zero-order valence-corrected chi connectivity index (χ0v) is 10.5. The average molecular weight is 234 g/mol. The lowest BCUT2D eigenvalue weighted by Gasteiger charge is -2.15. The third kappa shape index (κ3) is 2.20. The number of hydrogen-bond acceptors (Lipinski definition) is 3. The van der Waals surface area contributed by atoms with E-state index in [1.807, 2.05) is 19.9 Å². The minimum atomic E-state index is -0.869. The normalized spacial score (nSPS) is 16.7. The van der Waals surface area contributed by atoms with Gasteiger partial charge in [0.1, 0.15) is 11.9 Å². The van der Waals surface area contributed by atoms with Crippen LogP contribution in [0.25, 0.3) is 0 Å². The van der Waals surface area contributed by atoms with E-state index in [0.29, 0.717) is 11.3 Å². The van der Waals surface area contributed by atoms with Gasteiger partial charge in [0.15, 0.2) is 5.78 Å². The van der Waals surface area contributed by atoms with E-state index in [9.17, 15) is 9.90 Å². The summed E-state index contributed by atoms with van der Waals surface area (Å²) < 4.78 is 5.30. The zero-order valence-electron chi connectivity index (χ0n) is 10.5. The van der Waals surface area contributed by atoms with Crippen molar-refractivity contribution in [3.8, 4) is 5.75 Å². The van der Waals surface area contributed by atoms with Crippen LogP contribution in [-0.2, 0) is 0 Å². The summed E-state index contributed by atoms with van der Waals surface area (Å²) in [6.07, 6.45) is 1.02. The standard InChI is InChI=1S/C14H18O3/c1-8-4-7-11(14(17-3)9(8)2)13(16)12(15)10-5-6-10/h4,7,10,12,15H,5-6H2,1-3H3. The van der Waals surface area contributed by atoms with Gasteiger partial charge in [0.05, 0.1) is 12.7 Å². The number of aliphatic hydroxyl groups excluding tert-OH is 1. The maximum absolute atomic E-state index is 12.1. The van der Waals surface area contributed by atoms with Crippen LogP contribution in [0, 0.1) is 19.8 Å². The lowest BCUT2D eigenvalue weighted by Crippen LogP contribution is -2.23. The fraction of sp³-hybridized carbons (Fsp3) is 0.500. The number of carbonyl (C=O) groups excluding carboxylic acids is 1. The summed E-state index contributed by atoms with van der Waals surface area (Å²) >= 11 is 0. The Morgan fingerprint density at radius 1 is 1.41 bits per heavy atom. The second kappa shape index (κ2) is 4.49. The number of methoxy groups -OCH3 is 1. The van der Waals surface area contributed by atoms with Gasteiger partial charge in [-0.15, -0.1) is 0 Å². The summed E-state index contributed by atoms with van der Waals surface area (Å²) in [5.41, 5.74) is 2.54. The number of carbonyl (C=O) groups is 1. The van der Waals surface area contributed by atoms with E-state index in [1.165, 1.54) is 0 Å². The van der Waals surface area contributed by atoms with Crippen LogP contribution in [0.2, 0.25) is 0 Å². The molecular formula is C14H18O3. The molecule has 2 rings (SSSR count). The summed E-state index contributed by atoms with van der Waals surface area (Å²) in [5, 5.41) is 9.89. The van der Waals surface area contributed by atoms with E-state index < -0.39 is 6.10 Å². The zero-order chi connectivity index (χ0) is 12.6. The molecule has 3 nitrogen and oxygen atoms in total. The van der Waals surface area contributed by atoms with Crippen molar-refractivity contribution in [3.05, 3.63) is 28.8 Å². The van der Waals surface area contributed by atoms with Crippen molar-refractivity contribution in [2.24, 2.45) is 5.92 Å². The average Bonchev–Trinajstić information content (AvgIpc) is 3.14. The number of rotatable bonds is 4. The molecule has 1 aromatic rings. The van der Waals surface area contributed by atoms with Gasteiger partial charge >= 0.3 is 0 Å². The Morgan fingerprint density at radius 2 is 2.06 bits per heavy atom. The van der Waals surface area contributed by atoms with Crippen molar-refractivity contribution in [1.82, 2.24) is 0 Å². The Hall–Kier alpha value is -1.35. The number of benzene rings is 1. The highest BCUT2D eigenvalue weighted by atomic mass is 16.5. The van der Waals surface area contributed by atoms with E-state index in [2.05, 4.69) is 0 Å². The third-order valence-electron chi connectivity index (χ3n) is 3.48. The maximum Gasteiger partial charge on any atom is 0.195 e. The molecule has 0 aromatic heterocycles. The molecule has 92 valence electrons. The summed E-state index contributed by atoms with van der Waals surface area (Å²) in [7, 11) is 1.56. The van der Waals surface area contributed by atoms with Crippen molar-refractivity contribution in [2.75, 3.05) is 7.11 Å². The van der Waals surface area contributed by atoms with Crippen molar-refractivity contribution in [3.63, 3.8) is 0 Å². The van der Waals surface area contributed by atoms with Crippen LogP contribution in [0.3, 0.4) is 0 Å². The number of aliphatic hydroxyl groups is 1. The van der Waals surface area contributed by atoms with E-state index in [0.717, 1.165) is 24.0 Å². The molecule has 0 saturated heterocycles. The smallest absolute Gasteiger partial charge is 0.195 e. The first kappa shape index (κ1) is 12.1. The van der Waals surface area contributed by atoms with Crippen LogP contribution in [0.1, 0.15) is 34.3 Å². The molecule has 17 heavy (non-hydrogen) atoms. The number of hydrogen-bond donors (Lipinski definition) is 1. The number of ether oxygens (including phenoxy) is 1. The largest absolute Gasteiger partial charge is 0.496 e. The monoisotopic (exact) mass is 234 g/mol. The first-order valence-corrected chi connectivity index (χ1v) is 5.92. The Bertz CT molecular complexity index is 447. The van der Waals surface area contributed by atoms with Crippen LogP contribution >= 0.6 is 0 Å². The molecule has 1 atom stereocenters. The Kier molecular flexibility index (Phi) is 3.20. The highest BCUT2D eigenvalue weighted by Crippen LogP contribution is 2.36. The predicted octanol–water partition coefficient (Wildman–Crippen LogP) is 2.27. The minimum Gasteiger partial charge on any atom is -0.496 e. The van der Waals surface area contributed by atoms with Gasteiger partial charge in [-0.05, 0) is 49.8 Å². The molecule has 1 aromatic carbocycles. The fourth-order valence-corrected chi connectivity index (χ4v) is 2.03. The first-order valence-electron chi connectivity index (χ1n) is 5.92. The van der Waals surface area contributed by atoms with Gasteiger partial charge in [-0.2, -0.15) is 0 Å². The third-order valence-corrected chi connectivity index (χ3v) is 3.48. The van der Waals surface area contributed by atoms with Gasteiger partial charge in [-0.25, -0.2) is 0 Å². The lowest BCUT2D eigenvalue weighted by atomic mass is 9.97. The van der Waals surface area contributed by atoms with Crippen molar-refractivity contribution < 1.29 is 14.6 Å². The Morgan fingerprint density at radius 3 is 2.59 bits per heavy atom. The summed E-state index contributed by atoms with van der Waals surface area (Å²) in [4.78, 5) is 12.1. The molecule has 1 aliphatic carbocycles. The fourth-order valence-electron chi connectivity index (χ4n) is 2.03. The van der Waals surface area contributed by atoms with Crippen LogP contribution in [-0.4, -0.2) is 24.1 Å². The summed E-state index contributed by atoms with van der Waals surface area (Å²) in [5.74, 6) is 0.524. The van der Waals surface area contributed by atoms with Crippen LogP contribution in [0.15, 0.2) is 12.1 Å². The topological polar surface area (TPSA) is 46.5 Å². The lowest BCUT2D eigenvalue weighted by molar-refractivity contribution is 0.0700. The SMILES string of the molecule is COc1c(C(=O)C(O)C2CC2)ccc(C)c1C. The van der Waals surface area contributed by atoms with Gasteiger partial charge in [0.25, 0.3) is 0 Å². The summed E-state index contributed by atoms with van der Waals surface area (Å²) in [6.45, 7) is 3.90. The second-order valence-corrected chi connectivity index (χ2v) is 4.73. The van der Waals surface area contributed by atoms with Crippen molar-refractivity contribution >= 4 is 5.78 Å². The molecule has 1 unspecified atom stereocenters. The highest BCUT2D eigenvalue weighted by molar-refractivity contribution is 6.02. The molecule has 1 N–H and O–H groups in total.